The van der Waals surface area contributed by atoms with Crippen LogP contribution in [-0.4, -0.2) is 42.9 Å². The van der Waals surface area contributed by atoms with E-state index in [0.717, 1.165) is 18.5 Å². The molecule has 0 aliphatic carbocycles. The molecule has 130 valence electrons. The van der Waals surface area contributed by atoms with Crippen molar-refractivity contribution in [2.45, 2.75) is 45.7 Å². The third-order valence-electron chi connectivity index (χ3n) is 5.11. The fraction of sp³-hybridized carbons (Fsp3) is 0.579. The number of fused-ring (bicyclic) bond motifs is 1. The van der Waals surface area contributed by atoms with Crippen molar-refractivity contribution in [3.8, 4) is 0 Å². The van der Waals surface area contributed by atoms with Crippen LogP contribution in [0.4, 0.5) is 5.69 Å². The standard InChI is InChI=1S/C19H27N3O2/c1-13(2)22-12-16(10-18(22)23)19(24)20-11-14-6-7-17-15(9-14)5-4-8-21(17)3/h6-7,9,13,16H,4-5,8,10-12H2,1-3H3,(H,20,24). The highest BCUT2D eigenvalue weighted by Gasteiger charge is 2.35. The highest BCUT2D eigenvalue weighted by atomic mass is 16.2. The Bertz CT molecular complexity index is 641. The van der Waals surface area contributed by atoms with Crippen LogP contribution in [0.2, 0.25) is 0 Å². The summed E-state index contributed by atoms with van der Waals surface area (Å²) in [4.78, 5) is 28.4. The summed E-state index contributed by atoms with van der Waals surface area (Å²) in [6, 6.07) is 6.59. The van der Waals surface area contributed by atoms with Crippen LogP contribution >= 0.6 is 0 Å². The number of anilines is 1. The van der Waals surface area contributed by atoms with Gasteiger partial charge in [-0.25, -0.2) is 0 Å². The summed E-state index contributed by atoms with van der Waals surface area (Å²) >= 11 is 0. The molecule has 1 atom stereocenters. The highest BCUT2D eigenvalue weighted by molar-refractivity contribution is 5.89. The van der Waals surface area contributed by atoms with Crippen LogP contribution in [-0.2, 0) is 22.6 Å². The highest BCUT2D eigenvalue weighted by Crippen LogP contribution is 2.27. The first-order chi connectivity index (χ1) is 11.5. The van der Waals surface area contributed by atoms with E-state index in [4.69, 9.17) is 0 Å². The zero-order chi connectivity index (χ0) is 17.3. The maximum atomic E-state index is 12.4. The van der Waals surface area contributed by atoms with Crippen molar-refractivity contribution in [1.29, 1.82) is 0 Å². The molecule has 5 heteroatoms. The molecule has 0 saturated carbocycles. The lowest BCUT2D eigenvalue weighted by Gasteiger charge is -2.28. The van der Waals surface area contributed by atoms with Gasteiger partial charge < -0.3 is 15.1 Å². The number of amides is 2. The van der Waals surface area contributed by atoms with Gasteiger partial charge >= 0.3 is 0 Å². The number of carbonyl (C=O) groups is 2. The van der Waals surface area contributed by atoms with Gasteiger partial charge in [-0.1, -0.05) is 12.1 Å². The first kappa shape index (κ1) is 16.8. The lowest BCUT2D eigenvalue weighted by atomic mass is 9.99. The van der Waals surface area contributed by atoms with Gasteiger partial charge in [0.15, 0.2) is 0 Å². The summed E-state index contributed by atoms with van der Waals surface area (Å²) < 4.78 is 0. The molecule has 1 aromatic carbocycles. The SMILES string of the molecule is CC(C)N1CC(C(=O)NCc2ccc3c(c2)CCCN3C)CC1=O. The van der Waals surface area contributed by atoms with E-state index in [9.17, 15) is 9.59 Å². The van der Waals surface area contributed by atoms with Crippen LogP contribution in [0.3, 0.4) is 0 Å². The second-order valence-corrected chi connectivity index (χ2v) is 7.25. The van der Waals surface area contributed by atoms with E-state index in [1.807, 2.05) is 13.8 Å². The van der Waals surface area contributed by atoms with Crippen LogP contribution in [0.15, 0.2) is 18.2 Å². The third kappa shape index (κ3) is 3.40. The van der Waals surface area contributed by atoms with Crippen molar-refractivity contribution in [2.75, 3.05) is 25.0 Å². The van der Waals surface area contributed by atoms with Gasteiger partial charge in [0.05, 0.1) is 5.92 Å². The van der Waals surface area contributed by atoms with Gasteiger partial charge in [-0.2, -0.15) is 0 Å². The number of carbonyl (C=O) groups excluding carboxylic acids is 2. The fourth-order valence-electron chi connectivity index (χ4n) is 3.69. The van der Waals surface area contributed by atoms with Crippen LogP contribution in [0, 0.1) is 5.92 Å². The average Bonchev–Trinajstić information content (AvgIpc) is 2.95. The van der Waals surface area contributed by atoms with E-state index in [0.29, 0.717) is 19.5 Å². The molecule has 0 aromatic heterocycles. The van der Waals surface area contributed by atoms with Gasteiger partial charge in [0.2, 0.25) is 11.8 Å². The number of aryl methyl sites for hydroxylation is 1. The zero-order valence-electron chi connectivity index (χ0n) is 14.8. The van der Waals surface area contributed by atoms with Gasteiger partial charge in [0.25, 0.3) is 0 Å². The molecule has 2 aliphatic heterocycles. The van der Waals surface area contributed by atoms with Crippen LogP contribution in [0.5, 0.6) is 0 Å². The molecule has 0 spiro atoms. The quantitative estimate of drug-likeness (QED) is 0.918. The number of rotatable bonds is 4. The maximum Gasteiger partial charge on any atom is 0.225 e. The Balaban J connectivity index is 1.58. The first-order valence-electron chi connectivity index (χ1n) is 8.86. The largest absolute Gasteiger partial charge is 0.374 e. The van der Waals surface area contributed by atoms with E-state index in [1.54, 1.807) is 4.90 Å². The summed E-state index contributed by atoms with van der Waals surface area (Å²) in [5.41, 5.74) is 3.78. The fourth-order valence-corrected chi connectivity index (χ4v) is 3.69. The normalized spacial score (nSPS) is 20.5. The minimum atomic E-state index is -0.219. The molecule has 2 aliphatic rings. The smallest absolute Gasteiger partial charge is 0.225 e. The second-order valence-electron chi connectivity index (χ2n) is 7.25. The number of nitrogens with one attached hydrogen (secondary N) is 1. The Hall–Kier alpha value is -2.04. The molecule has 1 aromatic rings. The van der Waals surface area contributed by atoms with Crippen molar-refractivity contribution in [2.24, 2.45) is 5.92 Å². The lowest BCUT2D eigenvalue weighted by molar-refractivity contribution is -0.129. The van der Waals surface area contributed by atoms with Crippen LogP contribution in [0.1, 0.15) is 37.8 Å². The molecule has 1 fully saturated rings. The number of likely N-dealkylation sites (tertiary alicyclic amines) is 1. The van der Waals surface area contributed by atoms with E-state index in [-0.39, 0.29) is 23.8 Å². The predicted molar refractivity (Wildman–Crippen MR) is 94.8 cm³/mol. The number of hydrogen-bond donors (Lipinski definition) is 1. The van der Waals surface area contributed by atoms with Gasteiger partial charge in [-0.15, -0.1) is 0 Å². The topological polar surface area (TPSA) is 52.7 Å². The monoisotopic (exact) mass is 329 g/mol. The summed E-state index contributed by atoms with van der Waals surface area (Å²) in [7, 11) is 2.12. The molecule has 24 heavy (non-hydrogen) atoms. The Kier molecular flexibility index (Phi) is 4.78. The molecule has 0 bridgehead atoms. The lowest BCUT2D eigenvalue weighted by Crippen LogP contribution is -2.35. The van der Waals surface area contributed by atoms with Crippen LogP contribution in [0.25, 0.3) is 0 Å². The Morgan fingerprint density at radius 1 is 1.38 bits per heavy atom. The Morgan fingerprint density at radius 3 is 2.88 bits per heavy atom. The molecule has 0 radical (unpaired) electrons. The summed E-state index contributed by atoms with van der Waals surface area (Å²) in [6.45, 7) is 6.15. The summed E-state index contributed by atoms with van der Waals surface area (Å²) in [5.74, 6) is -0.146. The van der Waals surface area contributed by atoms with E-state index < -0.39 is 0 Å². The Labute approximate surface area is 144 Å². The van der Waals surface area contributed by atoms with Crippen molar-refractivity contribution in [1.82, 2.24) is 10.2 Å². The maximum absolute atomic E-state index is 12.4. The second kappa shape index (κ2) is 6.83. The minimum absolute atomic E-state index is 0.0126. The molecule has 2 amide bonds. The molecule has 1 N–H and O–H groups in total. The molecule has 1 saturated heterocycles. The average molecular weight is 329 g/mol. The molecule has 5 nitrogen and oxygen atoms in total. The predicted octanol–water partition coefficient (Wildman–Crippen LogP) is 1.94. The van der Waals surface area contributed by atoms with Gasteiger partial charge in [0.1, 0.15) is 0 Å². The zero-order valence-corrected chi connectivity index (χ0v) is 14.8. The molecule has 2 heterocycles. The van der Waals surface area contributed by atoms with E-state index in [1.165, 1.54) is 17.7 Å². The molecular weight excluding hydrogens is 302 g/mol. The van der Waals surface area contributed by atoms with Crippen molar-refractivity contribution >= 4 is 17.5 Å². The summed E-state index contributed by atoms with van der Waals surface area (Å²) in [6.07, 6.45) is 2.61. The van der Waals surface area contributed by atoms with Crippen molar-refractivity contribution < 1.29 is 9.59 Å². The van der Waals surface area contributed by atoms with E-state index in [2.05, 4.69) is 35.5 Å². The third-order valence-corrected chi connectivity index (χ3v) is 5.11. The first-order valence-corrected chi connectivity index (χ1v) is 8.86. The van der Waals surface area contributed by atoms with Crippen LogP contribution < -0.4 is 10.2 Å². The van der Waals surface area contributed by atoms with Gasteiger partial charge in [-0.3, -0.25) is 9.59 Å². The number of hydrogen-bond acceptors (Lipinski definition) is 3. The number of benzene rings is 1. The Morgan fingerprint density at radius 2 is 2.17 bits per heavy atom. The molecule has 1 unspecified atom stereocenters. The van der Waals surface area contributed by atoms with Crippen molar-refractivity contribution in [3.63, 3.8) is 0 Å². The van der Waals surface area contributed by atoms with Gasteiger partial charge in [0, 0.05) is 44.8 Å². The van der Waals surface area contributed by atoms with Crippen molar-refractivity contribution in [3.05, 3.63) is 29.3 Å². The summed E-state index contributed by atoms with van der Waals surface area (Å²) in [5, 5.41) is 3.01. The number of nitrogens with zero attached hydrogens (tertiary/aromatic N) is 2. The minimum Gasteiger partial charge on any atom is -0.374 e. The van der Waals surface area contributed by atoms with E-state index >= 15 is 0 Å². The molecule has 3 rings (SSSR count). The van der Waals surface area contributed by atoms with Gasteiger partial charge in [-0.05, 0) is 43.9 Å². The molecular formula is C19H27N3O2.